The molecule has 2 nitrogen and oxygen atoms in total. The molecule has 1 heterocycles. The monoisotopic (exact) mass is 230 g/mol. The summed E-state index contributed by atoms with van der Waals surface area (Å²) < 4.78 is 0. The summed E-state index contributed by atoms with van der Waals surface area (Å²) in [5, 5.41) is 1.10. The fraction of sp³-hybridized carbons (Fsp3) is 0.500. The van der Waals surface area contributed by atoms with Gasteiger partial charge in [-0.15, -0.1) is 0 Å². The third-order valence-electron chi connectivity index (χ3n) is 3.03. The van der Waals surface area contributed by atoms with Crippen LogP contribution in [0.1, 0.15) is 26.0 Å². The first-order valence-electron chi connectivity index (χ1n) is 4.47. The minimum Gasteiger partial charge on any atom is -0.320 e. The van der Waals surface area contributed by atoms with Crippen molar-refractivity contribution < 1.29 is 0 Å². The molecule has 0 radical (unpaired) electrons. The van der Waals surface area contributed by atoms with Crippen molar-refractivity contribution in [2.45, 2.75) is 25.8 Å². The molecule has 0 amide bonds. The summed E-state index contributed by atoms with van der Waals surface area (Å²) in [5.74, 6) is 0. The number of nitrogens with zero attached hydrogens (tertiary/aromatic N) is 1. The van der Waals surface area contributed by atoms with E-state index in [-0.39, 0.29) is 11.0 Å². The Morgan fingerprint density at radius 1 is 1.43 bits per heavy atom. The van der Waals surface area contributed by atoms with Gasteiger partial charge >= 0.3 is 0 Å². The quantitative estimate of drug-likeness (QED) is 0.806. The van der Waals surface area contributed by atoms with Crippen LogP contribution in [0.3, 0.4) is 0 Å². The molecule has 14 heavy (non-hydrogen) atoms. The van der Waals surface area contributed by atoms with E-state index in [9.17, 15) is 0 Å². The highest BCUT2D eigenvalue weighted by atomic mass is 35.5. The van der Waals surface area contributed by atoms with E-state index in [1.54, 1.807) is 12.3 Å². The van der Waals surface area contributed by atoms with E-state index in [2.05, 4.69) is 18.8 Å². The van der Waals surface area contributed by atoms with E-state index in [0.717, 1.165) is 12.1 Å². The van der Waals surface area contributed by atoms with E-state index < -0.39 is 0 Å². The number of hydrogen-bond acceptors (Lipinski definition) is 2. The Kier molecular flexibility index (Phi) is 2.08. The van der Waals surface area contributed by atoms with Crippen LogP contribution in [0.25, 0.3) is 0 Å². The zero-order chi connectivity index (χ0) is 10.6. The highest BCUT2D eigenvalue weighted by Crippen LogP contribution is 2.60. The molecule has 1 aliphatic rings. The molecule has 2 N–H and O–H groups in total. The van der Waals surface area contributed by atoms with Gasteiger partial charge in [-0.1, -0.05) is 37.0 Å². The lowest BCUT2D eigenvalue weighted by Gasteiger charge is -2.15. The van der Waals surface area contributed by atoms with Crippen LogP contribution < -0.4 is 5.73 Å². The Hall–Kier alpha value is -0.310. The summed E-state index contributed by atoms with van der Waals surface area (Å²) in [6, 6.07) is 1.69. The Balaban J connectivity index is 2.45. The molecule has 0 spiro atoms. The maximum Gasteiger partial charge on any atom is 0.0795 e. The van der Waals surface area contributed by atoms with E-state index in [0.29, 0.717) is 10.0 Å². The van der Waals surface area contributed by atoms with Crippen LogP contribution in [0, 0.1) is 5.41 Å². The van der Waals surface area contributed by atoms with Gasteiger partial charge in [0.05, 0.1) is 21.3 Å². The van der Waals surface area contributed by atoms with Gasteiger partial charge in [-0.05, 0) is 17.9 Å². The van der Waals surface area contributed by atoms with E-state index in [1.165, 1.54) is 0 Å². The van der Waals surface area contributed by atoms with Crippen molar-refractivity contribution in [3.05, 3.63) is 28.0 Å². The fourth-order valence-electron chi connectivity index (χ4n) is 1.80. The minimum absolute atomic E-state index is 0.0808. The van der Waals surface area contributed by atoms with Crippen LogP contribution in [-0.2, 0) is 5.54 Å². The first kappa shape index (κ1) is 10.2. The molecule has 0 aliphatic heterocycles. The summed E-state index contributed by atoms with van der Waals surface area (Å²) in [4.78, 5) is 4.22. The van der Waals surface area contributed by atoms with Crippen molar-refractivity contribution in [1.29, 1.82) is 0 Å². The van der Waals surface area contributed by atoms with Gasteiger partial charge in [-0.2, -0.15) is 0 Å². The molecule has 1 saturated carbocycles. The summed E-state index contributed by atoms with van der Waals surface area (Å²) in [6.07, 6.45) is 2.50. The number of aromatic nitrogens is 1. The first-order valence-corrected chi connectivity index (χ1v) is 5.23. The Morgan fingerprint density at radius 3 is 2.43 bits per heavy atom. The zero-order valence-electron chi connectivity index (χ0n) is 8.14. The highest BCUT2D eigenvalue weighted by molar-refractivity contribution is 6.34. The third kappa shape index (κ3) is 1.33. The number of halogens is 2. The SMILES string of the molecule is CC1(C)CC1(N)c1ncc(Cl)cc1Cl. The molecule has 1 unspecified atom stereocenters. The van der Waals surface area contributed by atoms with Gasteiger partial charge in [-0.3, -0.25) is 4.98 Å². The number of pyridine rings is 1. The largest absolute Gasteiger partial charge is 0.320 e. The predicted molar refractivity (Wildman–Crippen MR) is 58.5 cm³/mol. The Morgan fingerprint density at radius 2 is 2.00 bits per heavy atom. The van der Waals surface area contributed by atoms with Gasteiger partial charge in [0.15, 0.2) is 0 Å². The van der Waals surface area contributed by atoms with Crippen molar-refractivity contribution in [2.24, 2.45) is 11.1 Å². The number of rotatable bonds is 1. The van der Waals surface area contributed by atoms with Gasteiger partial charge in [0, 0.05) is 6.20 Å². The molecule has 0 saturated heterocycles. The normalized spacial score (nSPS) is 28.9. The number of hydrogen-bond donors (Lipinski definition) is 1. The molecule has 0 aromatic carbocycles. The summed E-state index contributed by atoms with van der Waals surface area (Å²) in [6.45, 7) is 4.22. The molecule has 0 bridgehead atoms. The van der Waals surface area contributed by atoms with Crippen LogP contribution in [0.4, 0.5) is 0 Å². The number of nitrogens with two attached hydrogens (primary N) is 1. The van der Waals surface area contributed by atoms with Crippen LogP contribution in [-0.4, -0.2) is 4.98 Å². The van der Waals surface area contributed by atoms with Crippen molar-refractivity contribution in [2.75, 3.05) is 0 Å². The molecule has 2 rings (SSSR count). The average Bonchev–Trinajstić information content (AvgIpc) is 2.50. The Labute approximate surface area is 93.4 Å². The molecule has 4 heteroatoms. The molecular weight excluding hydrogens is 219 g/mol. The first-order chi connectivity index (χ1) is 6.37. The molecule has 1 aromatic heterocycles. The van der Waals surface area contributed by atoms with E-state index in [4.69, 9.17) is 28.9 Å². The molecule has 1 aromatic rings. The van der Waals surface area contributed by atoms with Gasteiger partial charge in [-0.25, -0.2) is 0 Å². The molecule has 1 aliphatic carbocycles. The van der Waals surface area contributed by atoms with Crippen molar-refractivity contribution in [3.63, 3.8) is 0 Å². The lowest BCUT2D eigenvalue weighted by molar-refractivity contribution is 0.500. The standard InChI is InChI=1S/C10H12Cl2N2/c1-9(2)5-10(9,13)8-7(12)3-6(11)4-14-8/h3-4H,5,13H2,1-2H3. The maximum absolute atomic E-state index is 6.21. The average molecular weight is 231 g/mol. The molecular formula is C10H12Cl2N2. The molecule has 76 valence electrons. The Bertz CT molecular complexity index is 390. The fourth-order valence-corrected chi connectivity index (χ4v) is 2.35. The topological polar surface area (TPSA) is 38.9 Å². The van der Waals surface area contributed by atoms with E-state index >= 15 is 0 Å². The van der Waals surface area contributed by atoms with Crippen molar-refractivity contribution >= 4 is 23.2 Å². The second kappa shape index (κ2) is 2.84. The van der Waals surface area contributed by atoms with Gasteiger partial charge in [0.2, 0.25) is 0 Å². The van der Waals surface area contributed by atoms with Crippen molar-refractivity contribution in [1.82, 2.24) is 4.98 Å². The second-order valence-electron chi connectivity index (χ2n) is 4.52. The molecule has 1 atom stereocenters. The van der Waals surface area contributed by atoms with Gasteiger partial charge < -0.3 is 5.73 Å². The summed E-state index contributed by atoms with van der Waals surface area (Å²) in [5.41, 5.74) is 6.66. The van der Waals surface area contributed by atoms with Crippen LogP contribution in [0.15, 0.2) is 12.3 Å². The van der Waals surface area contributed by atoms with Crippen LogP contribution in [0.5, 0.6) is 0 Å². The third-order valence-corrected chi connectivity index (χ3v) is 3.53. The minimum atomic E-state index is -0.380. The van der Waals surface area contributed by atoms with Crippen LogP contribution in [0.2, 0.25) is 10.0 Å². The predicted octanol–water partition coefficient (Wildman–Crippen LogP) is 2.97. The lowest BCUT2D eigenvalue weighted by atomic mass is 10.0. The lowest BCUT2D eigenvalue weighted by Crippen LogP contribution is -2.27. The summed E-state index contributed by atoms with van der Waals surface area (Å²) in [7, 11) is 0. The smallest absolute Gasteiger partial charge is 0.0795 e. The zero-order valence-corrected chi connectivity index (χ0v) is 9.65. The summed E-state index contributed by atoms with van der Waals surface area (Å²) >= 11 is 11.8. The van der Waals surface area contributed by atoms with E-state index in [1.807, 2.05) is 0 Å². The highest BCUT2D eigenvalue weighted by Gasteiger charge is 2.61. The van der Waals surface area contributed by atoms with Gasteiger partial charge in [0.25, 0.3) is 0 Å². The van der Waals surface area contributed by atoms with Crippen molar-refractivity contribution in [3.8, 4) is 0 Å². The second-order valence-corrected chi connectivity index (χ2v) is 5.36. The maximum atomic E-state index is 6.21. The molecule has 1 fully saturated rings. The van der Waals surface area contributed by atoms with Crippen LogP contribution >= 0.6 is 23.2 Å². The van der Waals surface area contributed by atoms with Gasteiger partial charge in [0.1, 0.15) is 0 Å².